The summed E-state index contributed by atoms with van der Waals surface area (Å²) >= 11 is 0. The maximum Gasteiger partial charge on any atom is 0.252 e. The average molecular weight is 807 g/mol. The fourth-order valence-corrected chi connectivity index (χ4v) is 12.2. The quantitative estimate of drug-likeness (QED) is 0.161. The molecule has 308 valence electrons. The van der Waals surface area contributed by atoms with Crippen molar-refractivity contribution in [3.05, 3.63) is 195 Å². The highest BCUT2D eigenvalue weighted by Crippen LogP contribution is 2.55. The van der Waals surface area contributed by atoms with Gasteiger partial charge in [0.05, 0.1) is 0 Å². The highest BCUT2D eigenvalue weighted by molar-refractivity contribution is 7.00. The van der Waals surface area contributed by atoms with Crippen LogP contribution in [0.15, 0.2) is 140 Å². The van der Waals surface area contributed by atoms with E-state index >= 15 is 0 Å². The molecule has 0 unspecified atom stereocenters. The van der Waals surface area contributed by atoms with Crippen LogP contribution in [0.2, 0.25) is 0 Å². The number of hydrogen-bond donors (Lipinski definition) is 0. The minimum Gasteiger partial charge on any atom is -0.311 e. The lowest BCUT2D eigenvalue weighted by molar-refractivity contribution is 0.521. The largest absolute Gasteiger partial charge is 0.311 e. The number of benzene rings is 7. The Labute approximate surface area is 370 Å². The van der Waals surface area contributed by atoms with E-state index in [0.29, 0.717) is 0 Å². The van der Waals surface area contributed by atoms with E-state index in [2.05, 4.69) is 232 Å². The van der Waals surface area contributed by atoms with Crippen LogP contribution < -0.4 is 26.2 Å². The summed E-state index contributed by atoms with van der Waals surface area (Å²) in [7, 11) is 0. The summed E-state index contributed by atoms with van der Waals surface area (Å²) < 4.78 is 0. The summed E-state index contributed by atoms with van der Waals surface area (Å²) in [5.74, 6) is 0. The van der Waals surface area contributed by atoms with E-state index in [9.17, 15) is 0 Å². The van der Waals surface area contributed by atoms with Crippen molar-refractivity contribution in [1.82, 2.24) is 0 Å². The van der Waals surface area contributed by atoms with E-state index in [1.165, 1.54) is 106 Å². The summed E-state index contributed by atoms with van der Waals surface area (Å²) in [5.41, 5.74) is 24.9. The van der Waals surface area contributed by atoms with Gasteiger partial charge in [-0.3, -0.25) is 0 Å². The fraction of sp³-hybridized carbons (Fsp3) is 0.288. The van der Waals surface area contributed by atoms with Crippen molar-refractivity contribution in [3.8, 4) is 0 Å². The highest BCUT2D eigenvalue weighted by Gasteiger charge is 2.50. The van der Waals surface area contributed by atoms with Crippen molar-refractivity contribution in [2.45, 2.75) is 110 Å². The molecule has 0 bridgehead atoms. The number of aryl methyl sites for hydroxylation is 1. The van der Waals surface area contributed by atoms with Gasteiger partial charge in [-0.1, -0.05) is 173 Å². The van der Waals surface area contributed by atoms with Crippen LogP contribution >= 0.6 is 0 Å². The van der Waals surface area contributed by atoms with E-state index in [1.54, 1.807) is 0 Å². The number of hydrogen-bond acceptors (Lipinski definition) is 2. The molecule has 7 aromatic rings. The van der Waals surface area contributed by atoms with Gasteiger partial charge in [0.1, 0.15) is 0 Å². The smallest absolute Gasteiger partial charge is 0.252 e. The van der Waals surface area contributed by atoms with Crippen LogP contribution in [0.25, 0.3) is 0 Å². The molecule has 0 N–H and O–H groups in total. The van der Waals surface area contributed by atoms with Crippen molar-refractivity contribution < 1.29 is 0 Å². The monoisotopic (exact) mass is 806 g/mol. The van der Waals surface area contributed by atoms with E-state index in [0.717, 1.165) is 0 Å². The molecule has 3 heteroatoms. The molecule has 0 spiro atoms. The zero-order chi connectivity index (χ0) is 43.5. The van der Waals surface area contributed by atoms with Gasteiger partial charge in [-0.15, -0.1) is 0 Å². The van der Waals surface area contributed by atoms with Gasteiger partial charge >= 0.3 is 0 Å². The van der Waals surface area contributed by atoms with Crippen LogP contribution in [0.1, 0.15) is 132 Å². The van der Waals surface area contributed by atoms with Crippen LogP contribution in [0.4, 0.5) is 34.1 Å². The van der Waals surface area contributed by atoms with Gasteiger partial charge < -0.3 is 9.80 Å². The molecule has 2 heterocycles. The van der Waals surface area contributed by atoms with Crippen molar-refractivity contribution >= 4 is 57.2 Å². The molecule has 0 aromatic heterocycles. The Kier molecular flexibility index (Phi) is 7.98. The van der Waals surface area contributed by atoms with Gasteiger partial charge in [-0.05, 0) is 127 Å². The molecular weight excluding hydrogens is 747 g/mol. The molecule has 0 saturated carbocycles. The summed E-state index contributed by atoms with van der Waals surface area (Å²) in [6, 6.07) is 54.5. The highest BCUT2D eigenvalue weighted by atomic mass is 15.2. The number of nitrogens with zero attached hydrogens (tertiary/aromatic N) is 2. The van der Waals surface area contributed by atoms with Crippen molar-refractivity contribution in [2.75, 3.05) is 9.80 Å². The van der Waals surface area contributed by atoms with Gasteiger partial charge in [-0.2, -0.15) is 0 Å². The topological polar surface area (TPSA) is 6.48 Å². The zero-order valence-electron chi connectivity index (χ0n) is 38.8. The Morgan fingerprint density at radius 2 is 0.742 bits per heavy atom. The van der Waals surface area contributed by atoms with E-state index < -0.39 is 0 Å². The minimum atomic E-state index is -0.188. The SMILES string of the molecule is Cc1ccc(N2c3cc4c(cc3B3c5cc6c(cc5N(c5ccc(C(C)(C)C)cc5)c5cccc2c53)C(C)(C)c2ccccc2C6(C)C)C(C)(C)c2ccccc2C4(C)C)cc1. The van der Waals surface area contributed by atoms with Crippen molar-refractivity contribution in [2.24, 2.45) is 0 Å². The van der Waals surface area contributed by atoms with E-state index in [4.69, 9.17) is 0 Å². The normalized spacial score (nSPS) is 17.8. The van der Waals surface area contributed by atoms with Crippen LogP contribution in [0.3, 0.4) is 0 Å². The molecular formula is C59H59BN2. The molecule has 0 atom stereocenters. The van der Waals surface area contributed by atoms with Gasteiger partial charge in [0, 0.05) is 55.8 Å². The molecule has 0 radical (unpaired) electrons. The number of fused-ring (bicyclic) bond motifs is 8. The summed E-state index contributed by atoms with van der Waals surface area (Å²) in [4.78, 5) is 5.18. The van der Waals surface area contributed by atoms with Crippen molar-refractivity contribution in [3.63, 3.8) is 0 Å². The lowest BCUT2D eigenvalue weighted by Crippen LogP contribution is -2.62. The first-order chi connectivity index (χ1) is 29.3. The first-order valence-electron chi connectivity index (χ1n) is 22.8. The summed E-state index contributed by atoms with van der Waals surface area (Å²) in [6.07, 6.45) is 0. The lowest BCUT2D eigenvalue weighted by Gasteiger charge is -2.49. The molecule has 4 aliphatic rings. The van der Waals surface area contributed by atoms with Crippen LogP contribution in [-0.2, 0) is 27.1 Å². The predicted octanol–water partition coefficient (Wildman–Crippen LogP) is 13.3. The number of anilines is 6. The molecule has 2 nitrogen and oxygen atoms in total. The fourth-order valence-electron chi connectivity index (χ4n) is 12.2. The Morgan fingerprint density at radius 1 is 0.387 bits per heavy atom. The molecule has 7 aromatic carbocycles. The average Bonchev–Trinajstić information content (AvgIpc) is 3.25. The van der Waals surface area contributed by atoms with Crippen LogP contribution in [0, 0.1) is 6.92 Å². The van der Waals surface area contributed by atoms with Crippen LogP contribution in [-0.4, -0.2) is 6.71 Å². The Balaban J connectivity index is 1.26. The van der Waals surface area contributed by atoms with Gasteiger partial charge in [0.15, 0.2) is 0 Å². The Hall–Kier alpha value is -5.80. The molecule has 0 fully saturated rings. The number of rotatable bonds is 2. The predicted molar refractivity (Wildman–Crippen MR) is 265 cm³/mol. The summed E-state index contributed by atoms with van der Waals surface area (Å²) in [6.45, 7) is 28.7. The lowest BCUT2D eigenvalue weighted by atomic mass is 9.32. The standard InChI is InChI=1S/C59H59BN2/c1-36-24-28-38(29-25-36)61-50-22-17-23-51-54(50)60(48-32-44-46(34-52(48)61)58(9,10)42-20-15-13-18-40(42)56(44,5)6)49-33-45-47(59(11,12)43-21-16-14-19-41(43)57(45,7)8)35-53(49)62(51)39-30-26-37(27-31-39)55(2,3)4/h13-35H,1-12H3. The van der Waals surface area contributed by atoms with Gasteiger partial charge in [-0.25, -0.2) is 0 Å². The molecule has 62 heavy (non-hydrogen) atoms. The maximum absolute atomic E-state index is 2.65. The van der Waals surface area contributed by atoms with E-state index in [-0.39, 0.29) is 33.8 Å². The van der Waals surface area contributed by atoms with Gasteiger partial charge in [0.2, 0.25) is 0 Å². The molecule has 11 rings (SSSR count). The van der Waals surface area contributed by atoms with Crippen LogP contribution in [0.5, 0.6) is 0 Å². The van der Waals surface area contributed by atoms with E-state index in [1.807, 2.05) is 0 Å². The third-order valence-electron chi connectivity index (χ3n) is 15.8. The second kappa shape index (κ2) is 12.7. The maximum atomic E-state index is 2.65. The van der Waals surface area contributed by atoms with Gasteiger partial charge in [0.25, 0.3) is 6.71 Å². The third-order valence-corrected chi connectivity index (χ3v) is 15.8. The Morgan fingerprint density at radius 3 is 1.11 bits per heavy atom. The van der Waals surface area contributed by atoms with Crippen molar-refractivity contribution in [1.29, 1.82) is 0 Å². The zero-order valence-corrected chi connectivity index (χ0v) is 38.8. The molecule has 2 aliphatic heterocycles. The second-order valence-corrected chi connectivity index (χ2v) is 22.0. The third kappa shape index (κ3) is 5.17. The first kappa shape index (κ1) is 39.1. The second-order valence-electron chi connectivity index (χ2n) is 22.0. The Bertz CT molecular complexity index is 3010. The minimum absolute atomic E-state index is 0.0146. The molecule has 0 amide bonds. The first-order valence-corrected chi connectivity index (χ1v) is 22.8. The molecule has 2 aliphatic carbocycles. The summed E-state index contributed by atoms with van der Waals surface area (Å²) in [5, 5.41) is 0. The molecule has 0 saturated heterocycles.